The minimum Gasteiger partial charge on any atom is -0.388 e. The van der Waals surface area contributed by atoms with Crippen LogP contribution < -0.4 is 5.56 Å². The first kappa shape index (κ1) is 20.7. The van der Waals surface area contributed by atoms with Crippen molar-refractivity contribution in [2.75, 3.05) is 6.61 Å². The molecule has 162 valence electrons. The Hall–Kier alpha value is -2.14. The quantitative estimate of drug-likeness (QED) is 0.283. The fourth-order valence-corrected chi connectivity index (χ4v) is 4.80. The van der Waals surface area contributed by atoms with Crippen molar-refractivity contribution in [1.29, 1.82) is 0 Å². The predicted octanol–water partition coefficient (Wildman–Crippen LogP) is 1.76. The van der Waals surface area contributed by atoms with E-state index in [1.165, 1.54) is 4.40 Å². The van der Waals surface area contributed by atoms with Crippen LogP contribution in [0, 0.1) is 6.92 Å². The Morgan fingerprint density at radius 1 is 1.35 bits per heavy atom. The van der Waals surface area contributed by atoms with E-state index >= 15 is 0 Å². The summed E-state index contributed by atoms with van der Waals surface area (Å²) in [5.74, 6) is 0.361. The molecule has 0 spiro atoms. The van der Waals surface area contributed by atoms with Crippen LogP contribution in [0.4, 0.5) is 0 Å². The Bertz CT molecular complexity index is 1320. The number of halogens is 1. The van der Waals surface area contributed by atoms with E-state index in [-0.39, 0.29) is 33.3 Å². The van der Waals surface area contributed by atoms with Crippen LogP contribution in [-0.2, 0) is 15.6 Å². The first-order valence-corrected chi connectivity index (χ1v) is 11.2. The maximum Gasteiger partial charge on any atom is 0.287 e. The Balaban J connectivity index is 1.56. The van der Waals surface area contributed by atoms with Crippen LogP contribution in [0.15, 0.2) is 40.0 Å². The maximum atomic E-state index is 13.1. The van der Waals surface area contributed by atoms with E-state index in [2.05, 4.69) is 30.9 Å². The van der Waals surface area contributed by atoms with Crippen molar-refractivity contribution in [3.05, 3.63) is 51.1 Å². The molecule has 12 heteroatoms. The molecule has 4 aromatic rings. The molecule has 10 nitrogen and oxygen atoms in total. The molecular formula is C19H19BrN5O5P. The van der Waals surface area contributed by atoms with Crippen molar-refractivity contribution in [2.45, 2.75) is 31.8 Å². The number of fused-ring (bicyclic) bond motifs is 2. The van der Waals surface area contributed by atoms with Gasteiger partial charge in [-0.2, -0.15) is 4.98 Å². The third-order valence-corrected chi connectivity index (χ3v) is 6.51. The van der Waals surface area contributed by atoms with E-state index in [4.69, 9.17) is 9.05 Å². The molecule has 0 amide bonds. The normalized spacial score (nSPS) is 21.3. The van der Waals surface area contributed by atoms with E-state index in [0.29, 0.717) is 16.2 Å². The van der Waals surface area contributed by atoms with Gasteiger partial charge in [0.1, 0.15) is 18.3 Å². The number of H-pyrrole nitrogens is 1. The lowest BCUT2D eigenvalue weighted by molar-refractivity contribution is -0.0820. The number of hydrogen-bond acceptors (Lipinski definition) is 7. The molecule has 5 rings (SSSR count). The van der Waals surface area contributed by atoms with Gasteiger partial charge in [0.2, 0.25) is 5.78 Å². The number of hydrogen-bond donors (Lipinski definition) is 3. The maximum absolute atomic E-state index is 13.1. The molecule has 3 unspecified atom stereocenters. The predicted molar refractivity (Wildman–Crippen MR) is 118 cm³/mol. The number of aliphatic hydroxyl groups excluding tert-OH is 2. The molecule has 3 N–H and O–H groups in total. The van der Waals surface area contributed by atoms with Crippen LogP contribution >= 0.6 is 25.0 Å². The van der Waals surface area contributed by atoms with Crippen LogP contribution in [0.3, 0.4) is 0 Å². The number of aromatic amines is 1. The van der Waals surface area contributed by atoms with Gasteiger partial charge in [-0.15, -0.1) is 0 Å². The lowest BCUT2D eigenvalue weighted by Crippen LogP contribution is -2.44. The zero-order chi connectivity index (χ0) is 21.7. The van der Waals surface area contributed by atoms with Gasteiger partial charge in [0.25, 0.3) is 5.56 Å². The SMILES string of the molecule is Cc1ccc(-c2cn3c(=O)c4nc(Br)n(C[C@@H](O)C5OPOCC5O)c4nc3[nH]2)cc1. The van der Waals surface area contributed by atoms with E-state index in [1.54, 1.807) is 10.8 Å². The molecule has 1 fully saturated rings. The highest BCUT2D eigenvalue weighted by Crippen LogP contribution is 2.28. The minimum atomic E-state index is -1.05. The number of rotatable bonds is 4. The zero-order valence-electron chi connectivity index (χ0n) is 16.3. The van der Waals surface area contributed by atoms with E-state index in [9.17, 15) is 15.0 Å². The van der Waals surface area contributed by atoms with Crippen molar-refractivity contribution < 1.29 is 19.3 Å². The van der Waals surface area contributed by atoms with Gasteiger partial charge in [-0.1, -0.05) is 29.8 Å². The molecule has 0 saturated carbocycles. The second-order valence-electron chi connectivity index (χ2n) is 7.42. The van der Waals surface area contributed by atoms with Gasteiger partial charge < -0.3 is 28.8 Å². The van der Waals surface area contributed by atoms with Gasteiger partial charge in [0.15, 0.2) is 24.9 Å². The monoisotopic (exact) mass is 507 g/mol. The highest BCUT2D eigenvalue weighted by Gasteiger charge is 2.33. The summed E-state index contributed by atoms with van der Waals surface area (Å²) in [5.41, 5.74) is 2.98. The molecule has 0 bridgehead atoms. The largest absolute Gasteiger partial charge is 0.388 e. The Morgan fingerprint density at radius 3 is 2.87 bits per heavy atom. The average molecular weight is 508 g/mol. The minimum absolute atomic E-state index is 0.0252. The molecule has 0 radical (unpaired) electrons. The van der Waals surface area contributed by atoms with Crippen LogP contribution in [-0.4, -0.2) is 59.1 Å². The van der Waals surface area contributed by atoms with Crippen molar-refractivity contribution in [3.8, 4) is 11.3 Å². The van der Waals surface area contributed by atoms with Gasteiger partial charge in [0.05, 0.1) is 18.8 Å². The van der Waals surface area contributed by atoms with Crippen molar-refractivity contribution >= 4 is 41.9 Å². The number of nitrogens with one attached hydrogen (secondary N) is 1. The van der Waals surface area contributed by atoms with Gasteiger partial charge >= 0.3 is 0 Å². The summed E-state index contributed by atoms with van der Waals surface area (Å²) in [5, 5.41) is 20.7. The second kappa shape index (κ2) is 8.09. The van der Waals surface area contributed by atoms with Gasteiger partial charge in [-0.05, 0) is 28.4 Å². The summed E-state index contributed by atoms with van der Waals surface area (Å²) in [4.78, 5) is 25.1. The fourth-order valence-electron chi connectivity index (χ4n) is 3.58. The molecule has 31 heavy (non-hydrogen) atoms. The van der Waals surface area contributed by atoms with Crippen molar-refractivity contribution in [3.63, 3.8) is 0 Å². The summed E-state index contributed by atoms with van der Waals surface area (Å²) in [6.45, 7) is 2.13. The van der Waals surface area contributed by atoms with Crippen LogP contribution in [0.25, 0.3) is 28.2 Å². The summed E-state index contributed by atoms with van der Waals surface area (Å²) >= 11 is 3.35. The van der Waals surface area contributed by atoms with Crippen molar-refractivity contribution in [1.82, 2.24) is 23.9 Å². The lowest BCUT2D eigenvalue weighted by atomic mass is 10.1. The summed E-state index contributed by atoms with van der Waals surface area (Å²) in [6, 6.07) is 7.93. The average Bonchev–Trinajstić information content (AvgIpc) is 3.31. The highest BCUT2D eigenvalue weighted by molar-refractivity contribution is 9.10. The Labute approximate surface area is 185 Å². The summed E-state index contributed by atoms with van der Waals surface area (Å²) in [7, 11) is -0.250. The summed E-state index contributed by atoms with van der Waals surface area (Å²) < 4.78 is 13.8. The third-order valence-electron chi connectivity index (χ3n) is 5.25. The van der Waals surface area contributed by atoms with Crippen LogP contribution in [0.1, 0.15) is 5.56 Å². The second-order valence-corrected chi connectivity index (χ2v) is 8.82. The van der Waals surface area contributed by atoms with E-state index < -0.39 is 18.3 Å². The smallest absolute Gasteiger partial charge is 0.287 e. The Kier molecular flexibility index (Phi) is 5.41. The molecule has 1 aliphatic rings. The highest BCUT2D eigenvalue weighted by atomic mass is 79.9. The van der Waals surface area contributed by atoms with Gasteiger partial charge in [-0.25, -0.2) is 9.38 Å². The van der Waals surface area contributed by atoms with E-state index in [1.807, 2.05) is 31.2 Å². The molecule has 1 saturated heterocycles. The third kappa shape index (κ3) is 3.71. The first-order chi connectivity index (χ1) is 14.9. The Morgan fingerprint density at radius 2 is 2.13 bits per heavy atom. The zero-order valence-corrected chi connectivity index (χ0v) is 18.9. The number of imidazole rings is 2. The first-order valence-electron chi connectivity index (χ1n) is 9.55. The summed E-state index contributed by atoms with van der Waals surface area (Å²) in [6.07, 6.45) is -1.11. The number of benzene rings is 1. The van der Waals surface area contributed by atoms with Crippen LogP contribution in [0.5, 0.6) is 0 Å². The standard InChI is InChI=1S/C19H19BrN5O5P/c1-9-2-4-10(5-3-9)11-6-25-17(28)14-16(23-19(25)21-11)24(18(20)22-14)7-12(26)15-13(27)8-29-31-30-15/h2-6,12-13,15,26-27,31H,7-8H2,1H3,(H,21,23)/t12-,13?,15?/m1/s1. The molecule has 4 heterocycles. The fraction of sp³-hybridized carbons (Fsp3) is 0.316. The number of nitrogens with zero attached hydrogens (tertiary/aromatic N) is 4. The molecule has 4 atom stereocenters. The van der Waals surface area contributed by atoms with Gasteiger partial charge in [-0.3, -0.25) is 4.79 Å². The van der Waals surface area contributed by atoms with Crippen LogP contribution in [0.2, 0.25) is 0 Å². The molecule has 1 aromatic carbocycles. The molecule has 3 aromatic heterocycles. The van der Waals surface area contributed by atoms with Crippen molar-refractivity contribution in [2.24, 2.45) is 0 Å². The van der Waals surface area contributed by atoms with Gasteiger partial charge in [0, 0.05) is 6.20 Å². The number of aliphatic hydroxyl groups is 2. The number of aromatic nitrogens is 5. The molecular weight excluding hydrogens is 489 g/mol. The van der Waals surface area contributed by atoms with E-state index in [0.717, 1.165) is 16.8 Å². The lowest BCUT2D eigenvalue weighted by Gasteiger charge is -2.31. The number of aryl methyl sites for hydroxylation is 1. The molecule has 0 aliphatic carbocycles. The molecule has 1 aliphatic heterocycles. The topological polar surface area (TPSA) is 127 Å².